The summed E-state index contributed by atoms with van der Waals surface area (Å²) >= 11 is 3.33. The quantitative estimate of drug-likeness (QED) is 0.722. The molecule has 0 saturated carbocycles. The Morgan fingerprint density at radius 2 is 2.00 bits per heavy atom. The smallest absolute Gasteiger partial charge is 0.0540 e. The maximum absolute atomic E-state index is 7.08. The van der Waals surface area contributed by atoms with Crippen molar-refractivity contribution in [2.24, 2.45) is 5.41 Å². The lowest BCUT2D eigenvalue weighted by molar-refractivity contribution is 0.401. The van der Waals surface area contributed by atoms with Crippen LogP contribution in [0, 0.1) is 10.8 Å². The van der Waals surface area contributed by atoms with Crippen molar-refractivity contribution in [1.82, 2.24) is 5.32 Å². The number of rotatable bonds is 3. The molecule has 0 unspecified atom stereocenters. The Labute approximate surface area is 83.1 Å². The van der Waals surface area contributed by atoms with Gasteiger partial charge in [0.1, 0.15) is 0 Å². The SMILES string of the molecule is CN/C(CC(C)(C)C)=C(/Br)C=N. The lowest BCUT2D eigenvalue weighted by Gasteiger charge is -2.20. The van der Waals surface area contributed by atoms with Gasteiger partial charge in [0.05, 0.1) is 4.48 Å². The largest absolute Gasteiger partial charge is 0.390 e. The second-order valence-electron chi connectivity index (χ2n) is 3.96. The van der Waals surface area contributed by atoms with E-state index >= 15 is 0 Å². The Kier molecular flexibility index (Phi) is 4.53. The zero-order valence-electron chi connectivity index (χ0n) is 8.16. The third kappa shape index (κ3) is 4.54. The van der Waals surface area contributed by atoms with Gasteiger partial charge in [-0.15, -0.1) is 0 Å². The Bertz CT molecular complexity index is 189. The van der Waals surface area contributed by atoms with Crippen molar-refractivity contribution in [2.75, 3.05) is 7.05 Å². The van der Waals surface area contributed by atoms with Gasteiger partial charge in [0.15, 0.2) is 0 Å². The minimum absolute atomic E-state index is 0.250. The summed E-state index contributed by atoms with van der Waals surface area (Å²) in [5, 5.41) is 10.2. The fraction of sp³-hybridized carbons (Fsp3) is 0.667. The first kappa shape index (κ1) is 11.7. The van der Waals surface area contributed by atoms with Gasteiger partial charge in [-0.3, -0.25) is 0 Å². The first-order chi connectivity index (χ1) is 5.40. The second-order valence-corrected chi connectivity index (χ2v) is 4.81. The molecule has 12 heavy (non-hydrogen) atoms. The number of hydrogen-bond acceptors (Lipinski definition) is 2. The Morgan fingerprint density at radius 3 is 2.25 bits per heavy atom. The summed E-state index contributed by atoms with van der Waals surface area (Å²) in [5.74, 6) is 0. The van der Waals surface area contributed by atoms with Crippen LogP contribution in [0.15, 0.2) is 10.2 Å². The predicted molar refractivity (Wildman–Crippen MR) is 57.9 cm³/mol. The molecular weight excluding hydrogens is 216 g/mol. The molecule has 2 nitrogen and oxygen atoms in total. The van der Waals surface area contributed by atoms with Gasteiger partial charge in [-0.1, -0.05) is 20.8 Å². The summed E-state index contributed by atoms with van der Waals surface area (Å²) in [7, 11) is 1.88. The van der Waals surface area contributed by atoms with E-state index in [2.05, 4.69) is 42.0 Å². The fourth-order valence-corrected chi connectivity index (χ4v) is 1.25. The average molecular weight is 233 g/mol. The summed E-state index contributed by atoms with van der Waals surface area (Å²) in [4.78, 5) is 0. The summed E-state index contributed by atoms with van der Waals surface area (Å²) in [6.07, 6.45) is 2.26. The highest BCUT2D eigenvalue weighted by atomic mass is 79.9. The highest BCUT2D eigenvalue weighted by Crippen LogP contribution is 2.25. The first-order valence-corrected chi connectivity index (χ1v) is 4.77. The standard InChI is InChI=1S/C9H17BrN2/c1-9(2,3)5-8(12-4)7(10)6-11/h6,11-12H,5H2,1-4H3/b8-7+,11-6?. The van der Waals surface area contributed by atoms with Gasteiger partial charge in [0.25, 0.3) is 0 Å². The van der Waals surface area contributed by atoms with Gasteiger partial charge in [0.2, 0.25) is 0 Å². The van der Waals surface area contributed by atoms with Crippen LogP contribution in [-0.4, -0.2) is 13.3 Å². The molecule has 0 atom stereocenters. The molecule has 0 aliphatic heterocycles. The van der Waals surface area contributed by atoms with E-state index in [0.717, 1.165) is 16.6 Å². The van der Waals surface area contributed by atoms with E-state index < -0.39 is 0 Å². The lowest BCUT2D eigenvalue weighted by atomic mass is 9.90. The van der Waals surface area contributed by atoms with Gasteiger partial charge in [0, 0.05) is 19.0 Å². The molecule has 0 aliphatic carbocycles. The summed E-state index contributed by atoms with van der Waals surface area (Å²) in [5.41, 5.74) is 1.33. The van der Waals surface area contributed by atoms with Crippen molar-refractivity contribution in [1.29, 1.82) is 5.41 Å². The van der Waals surface area contributed by atoms with Gasteiger partial charge in [-0.25, -0.2) is 0 Å². The maximum atomic E-state index is 7.08. The van der Waals surface area contributed by atoms with E-state index in [-0.39, 0.29) is 5.41 Å². The minimum atomic E-state index is 0.250. The van der Waals surface area contributed by atoms with Crippen LogP contribution in [0.25, 0.3) is 0 Å². The predicted octanol–water partition coefficient (Wildman–Crippen LogP) is 2.90. The number of allylic oxidation sites excluding steroid dienone is 2. The van der Waals surface area contributed by atoms with E-state index in [1.165, 1.54) is 6.21 Å². The summed E-state index contributed by atoms with van der Waals surface area (Å²) < 4.78 is 0.833. The molecule has 0 aromatic rings. The van der Waals surface area contributed by atoms with Crippen molar-refractivity contribution in [3.63, 3.8) is 0 Å². The second kappa shape index (κ2) is 4.65. The van der Waals surface area contributed by atoms with Crippen LogP contribution < -0.4 is 5.32 Å². The van der Waals surface area contributed by atoms with Crippen molar-refractivity contribution in [3.8, 4) is 0 Å². The summed E-state index contributed by atoms with van der Waals surface area (Å²) in [6, 6.07) is 0. The van der Waals surface area contributed by atoms with Crippen molar-refractivity contribution in [3.05, 3.63) is 10.2 Å². The van der Waals surface area contributed by atoms with Crippen molar-refractivity contribution in [2.45, 2.75) is 27.2 Å². The molecule has 0 aromatic carbocycles. The fourth-order valence-electron chi connectivity index (χ4n) is 0.910. The lowest BCUT2D eigenvalue weighted by Crippen LogP contribution is -2.16. The van der Waals surface area contributed by atoms with E-state index in [0.29, 0.717) is 0 Å². The average Bonchev–Trinajstić information content (AvgIpc) is 1.97. The molecule has 0 fully saturated rings. The molecule has 0 spiro atoms. The monoisotopic (exact) mass is 232 g/mol. The van der Waals surface area contributed by atoms with Crippen LogP contribution in [0.4, 0.5) is 0 Å². The van der Waals surface area contributed by atoms with Crippen LogP contribution in [0.2, 0.25) is 0 Å². The minimum Gasteiger partial charge on any atom is -0.390 e. The van der Waals surface area contributed by atoms with Gasteiger partial charge in [-0.2, -0.15) is 0 Å². The molecule has 0 heterocycles. The zero-order chi connectivity index (χ0) is 9.78. The Morgan fingerprint density at radius 1 is 1.50 bits per heavy atom. The van der Waals surface area contributed by atoms with Crippen LogP contribution in [0.3, 0.4) is 0 Å². The third-order valence-corrected chi connectivity index (χ3v) is 2.13. The van der Waals surface area contributed by atoms with Crippen molar-refractivity contribution >= 4 is 22.1 Å². The third-order valence-electron chi connectivity index (χ3n) is 1.42. The molecule has 2 N–H and O–H groups in total. The number of nitrogens with one attached hydrogen (secondary N) is 2. The van der Waals surface area contributed by atoms with Gasteiger partial charge in [-0.05, 0) is 27.8 Å². The van der Waals surface area contributed by atoms with E-state index in [9.17, 15) is 0 Å². The molecule has 0 aromatic heterocycles. The molecule has 70 valence electrons. The topological polar surface area (TPSA) is 35.9 Å². The molecule has 0 rings (SSSR count). The molecule has 0 aliphatic rings. The van der Waals surface area contributed by atoms with Crippen LogP contribution in [0.5, 0.6) is 0 Å². The first-order valence-electron chi connectivity index (χ1n) is 3.97. The molecule has 0 amide bonds. The number of hydrogen-bond donors (Lipinski definition) is 2. The highest BCUT2D eigenvalue weighted by molar-refractivity contribution is 9.12. The van der Waals surface area contributed by atoms with E-state index in [1.54, 1.807) is 0 Å². The molecular formula is C9H17BrN2. The molecule has 0 saturated heterocycles. The van der Waals surface area contributed by atoms with E-state index in [4.69, 9.17) is 5.41 Å². The molecule has 0 bridgehead atoms. The maximum Gasteiger partial charge on any atom is 0.0540 e. The van der Waals surface area contributed by atoms with Gasteiger partial charge >= 0.3 is 0 Å². The normalized spacial score (nSPS) is 13.8. The van der Waals surface area contributed by atoms with E-state index in [1.807, 2.05) is 7.05 Å². The number of halogens is 1. The van der Waals surface area contributed by atoms with Crippen LogP contribution >= 0.6 is 15.9 Å². The Hall–Kier alpha value is -0.310. The summed E-state index contributed by atoms with van der Waals surface area (Å²) in [6.45, 7) is 6.53. The zero-order valence-corrected chi connectivity index (χ0v) is 9.75. The molecule has 3 heteroatoms. The molecule has 0 radical (unpaired) electrons. The van der Waals surface area contributed by atoms with Crippen LogP contribution in [0.1, 0.15) is 27.2 Å². The highest BCUT2D eigenvalue weighted by Gasteiger charge is 2.13. The van der Waals surface area contributed by atoms with Crippen LogP contribution in [-0.2, 0) is 0 Å². The Balaban J connectivity index is 4.48. The van der Waals surface area contributed by atoms with Gasteiger partial charge < -0.3 is 10.7 Å². The van der Waals surface area contributed by atoms with Crippen molar-refractivity contribution < 1.29 is 0 Å².